The minimum atomic E-state index is -0.264. The maximum atomic E-state index is 12.0. The Labute approximate surface area is 130 Å². The molecule has 0 radical (unpaired) electrons. The van der Waals surface area contributed by atoms with Crippen molar-refractivity contribution in [1.82, 2.24) is 9.88 Å². The van der Waals surface area contributed by atoms with E-state index in [9.17, 15) is 9.59 Å². The van der Waals surface area contributed by atoms with Gasteiger partial charge in [-0.1, -0.05) is 17.7 Å². The Morgan fingerprint density at radius 2 is 1.77 bits per heavy atom. The van der Waals surface area contributed by atoms with Crippen LogP contribution in [0.3, 0.4) is 0 Å². The third kappa shape index (κ3) is 3.55. The largest absolute Gasteiger partial charge is 0.347 e. The number of carbonyl (C=O) groups is 2. The summed E-state index contributed by atoms with van der Waals surface area (Å²) in [4.78, 5) is 24.0. The molecule has 0 saturated carbocycles. The summed E-state index contributed by atoms with van der Waals surface area (Å²) < 4.78 is 1.71. The molecule has 2 amide bonds. The van der Waals surface area contributed by atoms with Crippen LogP contribution in [0.15, 0.2) is 30.5 Å². The van der Waals surface area contributed by atoms with E-state index >= 15 is 0 Å². The predicted molar refractivity (Wildman–Crippen MR) is 87.0 cm³/mol. The molecular weight excluding hydrogens is 278 g/mol. The summed E-state index contributed by atoms with van der Waals surface area (Å²) in [6.45, 7) is 5.87. The van der Waals surface area contributed by atoms with Gasteiger partial charge in [-0.3, -0.25) is 9.59 Å². The highest BCUT2D eigenvalue weighted by Gasteiger charge is 2.12. The number of hydrogen-bond donors (Lipinski definition) is 2. The third-order valence-electron chi connectivity index (χ3n) is 3.53. The molecular formula is C17H21N3O2. The van der Waals surface area contributed by atoms with Gasteiger partial charge in [0.15, 0.2) is 0 Å². The molecule has 0 saturated heterocycles. The Balaban J connectivity index is 1.97. The second-order valence-electron chi connectivity index (χ2n) is 5.51. The Hall–Kier alpha value is -2.56. The Morgan fingerprint density at radius 1 is 1.14 bits per heavy atom. The highest BCUT2D eigenvalue weighted by Crippen LogP contribution is 2.21. The van der Waals surface area contributed by atoms with E-state index in [2.05, 4.69) is 10.6 Å². The Bertz CT molecular complexity index is 693. The van der Waals surface area contributed by atoms with Crippen molar-refractivity contribution in [2.45, 2.75) is 20.8 Å². The van der Waals surface area contributed by atoms with E-state index in [-0.39, 0.29) is 18.4 Å². The Kier molecular flexibility index (Phi) is 4.65. The predicted octanol–water partition coefficient (Wildman–Crippen LogP) is 2.32. The molecule has 1 aromatic carbocycles. The lowest BCUT2D eigenvalue weighted by Crippen LogP contribution is -2.34. The van der Waals surface area contributed by atoms with Crippen LogP contribution >= 0.6 is 0 Å². The quantitative estimate of drug-likeness (QED) is 0.910. The molecule has 0 atom stereocenters. The van der Waals surface area contributed by atoms with Crippen molar-refractivity contribution < 1.29 is 9.59 Å². The van der Waals surface area contributed by atoms with Crippen molar-refractivity contribution in [3.8, 4) is 0 Å². The van der Waals surface area contributed by atoms with Crippen LogP contribution in [0.25, 0.3) is 0 Å². The number of anilines is 1. The molecule has 5 heteroatoms. The van der Waals surface area contributed by atoms with Gasteiger partial charge >= 0.3 is 0 Å². The fraction of sp³-hybridized carbons (Fsp3) is 0.294. The van der Waals surface area contributed by atoms with Gasteiger partial charge in [0, 0.05) is 18.9 Å². The number of aromatic nitrogens is 1. The number of amides is 2. The molecule has 0 aliphatic heterocycles. The smallest absolute Gasteiger partial charge is 0.268 e. The van der Waals surface area contributed by atoms with Gasteiger partial charge < -0.3 is 15.2 Å². The second-order valence-corrected chi connectivity index (χ2v) is 5.51. The fourth-order valence-electron chi connectivity index (χ4n) is 2.51. The number of aryl methyl sites for hydroxylation is 4. The number of rotatable bonds is 4. The summed E-state index contributed by atoms with van der Waals surface area (Å²) in [6.07, 6.45) is 1.79. The van der Waals surface area contributed by atoms with Crippen LogP contribution in [0.4, 0.5) is 5.69 Å². The van der Waals surface area contributed by atoms with Crippen molar-refractivity contribution in [2.24, 2.45) is 7.05 Å². The zero-order valence-corrected chi connectivity index (χ0v) is 13.4. The van der Waals surface area contributed by atoms with Gasteiger partial charge in [0.2, 0.25) is 5.91 Å². The molecule has 0 bridgehead atoms. The lowest BCUT2D eigenvalue weighted by atomic mass is 10.1. The van der Waals surface area contributed by atoms with Gasteiger partial charge in [0.05, 0.1) is 6.54 Å². The lowest BCUT2D eigenvalue weighted by molar-refractivity contribution is -0.115. The maximum Gasteiger partial charge on any atom is 0.268 e. The molecule has 5 nitrogen and oxygen atoms in total. The van der Waals surface area contributed by atoms with Crippen molar-refractivity contribution >= 4 is 17.5 Å². The average molecular weight is 299 g/mol. The van der Waals surface area contributed by atoms with E-state index in [1.165, 1.54) is 0 Å². The number of carbonyl (C=O) groups excluding carboxylic acids is 2. The monoisotopic (exact) mass is 299 g/mol. The normalized spacial score (nSPS) is 10.4. The van der Waals surface area contributed by atoms with Crippen LogP contribution in [0.1, 0.15) is 27.2 Å². The van der Waals surface area contributed by atoms with Crippen LogP contribution in [0.2, 0.25) is 0 Å². The zero-order valence-electron chi connectivity index (χ0n) is 13.4. The summed E-state index contributed by atoms with van der Waals surface area (Å²) in [7, 11) is 1.79. The van der Waals surface area contributed by atoms with Gasteiger partial charge in [-0.15, -0.1) is 0 Å². The molecule has 2 aromatic rings. The molecule has 0 fully saturated rings. The number of nitrogens with one attached hydrogen (secondary N) is 2. The maximum absolute atomic E-state index is 12.0. The van der Waals surface area contributed by atoms with Gasteiger partial charge in [0.25, 0.3) is 5.91 Å². The molecule has 0 aliphatic carbocycles. The van der Waals surface area contributed by atoms with E-state index in [4.69, 9.17) is 0 Å². The van der Waals surface area contributed by atoms with Crippen molar-refractivity contribution in [1.29, 1.82) is 0 Å². The van der Waals surface area contributed by atoms with Crippen LogP contribution < -0.4 is 10.6 Å². The highest BCUT2D eigenvalue weighted by molar-refractivity contribution is 5.99. The Morgan fingerprint density at radius 3 is 2.32 bits per heavy atom. The minimum Gasteiger partial charge on any atom is -0.347 e. The van der Waals surface area contributed by atoms with Crippen LogP contribution in [-0.2, 0) is 11.8 Å². The topological polar surface area (TPSA) is 63.1 Å². The number of benzene rings is 1. The molecule has 0 unspecified atom stereocenters. The summed E-state index contributed by atoms with van der Waals surface area (Å²) in [5.74, 6) is -0.502. The van der Waals surface area contributed by atoms with E-state index in [0.717, 1.165) is 22.4 Å². The molecule has 1 heterocycles. The number of nitrogens with zero attached hydrogens (tertiary/aromatic N) is 1. The standard InChI is InChI=1S/C17H21N3O2/c1-11-8-12(2)16(13(3)9-11)19-15(21)10-18-17(22)14-6-5-7-20(14)4/h5-9H,10H2,1-4H3,(H,18,22)(H,19,21). The second kappa shape index (κ2) is 6.47. The zero-order chi connectivity index (χ0) is 16.3. The molecule has 0 aliphatic rings. The number of hydrogen-bond acceptors (Lipinski definition) is 2. The summed E-state index contributed by atoms with van der Waals surface area (Å²) in [5, 5.41) is 5.48. The molecule has 2 N–H and O–H groups in total. The third-order valence-corrected chi connectivity index (χ3v) is 3.53. The van der Waals surface area contributed by atoms with E-state index in [0.29, 0.717) is 5.69 Å². The van der Waals surface area contributed by atoms with Gasteiger partial charge in [-0.05, 0) is 44.0 Å². The first-order valence-corrected chi connectivity index (χ1v) is 7.15. The minimum absolute atomic E-state index is 0.0588. The van der Waals surface area contributed by atoms with Crippen LogP contribution in [0.5, 0.6) is 0 Å². The van der Waals surface area contributed by atoms with Crippen LogP contribution in [0, 0.1) is 20.8 Å². The summed E-state index contributed by atoms with van der Waals surface area (Å²) in [5.41, 5.74) is 4.52. The first-order valence-electron chi connectivity index (χ1n) is 7.15. The molecule has 2 rings (SSSR count). The summed E-state index contributed by atoms with van der Waals surface area (Å²) >= 11 is 0. The van der Waals surface area contributed by atoms with E-state index < -0.39 is 0 Å². The van der Waals surface area contributed by atoms with Crippen molar-refractivity contribution in [2.75, 3.05) is 11.9 Å². The van der Waals surface area contributed by atoms with Crippen molar-refractivity contribution in [3.05, 3.63) is 52.8 Å². The van der Waals surface area contributed by atoms with Crippen molar-refractivity contribution in [3.63, 3.8) is 0 Å². The van der Waals surface area contributed by atoms with Gasteiger partial charge in [-0.25, -0.2) is 0 Å². The SMILES string of the molecule is Cc1cc(C)c(NC(=O)CNC(=O)c2cccn2C)c(C)c1. The van der Waals surface area contributed by atoms with Crippen LogP contribution in [-0.4, -0.2) is 22.9 Å². The molecule has 1 aromatic heterocycles. The average Bonchev–Trinajstić information content (AvgIpc) is 2.86. The van der Waals surface area contributed by atoms with E-state index in [1.54, 1.807) is 29.9 Å². The van der Waals surface area contributed by atoms with E-state index in [1.807, 2.05) is 32.9 Å². The molecule has 116 valence electrons. The lowest BCUT2D eigenvalue weighted by Gasteiger charge is -2.13. The highest BCUT2D eigenvalue weighted by atomic mass is 16.2. The first kappa shape index (κ1) is 15.8. The van der Waals surface area contributed by atoms with Gasteiger partial charge in [-0.2, -0.15) is 0 Å². The molecule has 0 spiro atoms. The fourth-order valence-corrected chi connectivity index (χ4v) is 2.51. The van der Waals surface area contributed by atoms with Gasteiger partial charge in [0.1, 0.15) is 5.69 Å². The first-order chi connectivity index (χ1) is 10.4. The molecule has 22 heavy (non-hydrogen) atoms. The summed E-state index contributed by atoms with van der Waals surface area (Å²) in [6, 6.07) is 7.53.